The summed E-state index contributed by atoms with van der Waals surface area (Å²) in [6, 6.07) is 9.47. The number of rotatable bonds is 5. The molecule has 0 spiro atoms. The van der Waals surface area contributed by atoms with Crippen LogP contribution in [-0.2, 0) is 14.4 Å². The minimum absolute atomic E-state index is 0.0160. The largest absolute Gasteiger partial charge is 0.292 e. The highest BCUT2D eigenvalue weighted by Crippen LogP contribution is 2.32. The molecular formula is C16H13N3O3S4. The fraction of sp³-hybridized carbons (Fsp3) is 0.188. The quantitative estimate of drug-likeness (QED) is 0.575. The van der Waals surface area contributed by atoms with Gasteiger partial charge in [0.25, 0.3) is 11.8 Å². The van der Waals surface area contributed by atoms with Gasteiger partial charge in [0.05, 0.1) is 10.7 Å². The summed E-state index contributed by atoms with van der Waals surface area (Å²) >= 11 is 12.7. The molecular weight excluding hydrogens is 410 g/mol. The van der Waals surface area contributed by atoms with Crippen LogP contribution in [0.4, 0.5) is 0 Å². The zero-order valence-electron chi connectivity index (χ0n) is 13.3. The van der Waals surface area contributed by atoms with Crippen molar-refractivity contribution in [3.63, 3.8) is 0 Å². The average Bonchev–Trinajstić information content (AvgIpc) is 3.07. The van der Waals surface area contributed by atoms with Crippen molar-refractivity contribution in [3.05, 3.63) is 40.8 Å². The zero-order valence-corrected chi connectivity index (χ0v) is 16.6. The molecule has 2 saturated heterocycles. The summed E-state index contributed by atoms with van der Waals surface area (Å²) in [5.74, 6) is -0.660. The molecule has 10 heteroatoms. The Bertz CT molecular complexity index is 809. The van der Waals surface area contributed by atoms with Gasteiger partial charge < -0.3 is 0 Å². The summed E-state index contributed by atoms with van der Waals surface area (Å²) in [7, 11) is 0. The molecule has 26 heavy (non-hydrogen) atoms. The first kappa shape index (κ1) is 19.0. The van der Waals surface area contributed by atoms with E-state index in [1.54, 1.807) is 6.08 Å². The van der Waals surface area contributed by atoms with Crippen LogP contribution in [0.3, 0.4) is 0 Å². The topological polar surface area (TPSA) is 69.7 Å². The van der Waals surface area contributed by atoms with Crippen LogP contribution in [0.2, 0.25) is 0 Å². The number of benzene rings is 1. The Kier molecular flexibility index (Phi) is 6.07. The molecule has 0 unspecified atom stereocenters. The van der Waals surface area contributed by atoms with Crippen LogP contribution in [-0.4, -0.2) is 48.6 Å². The molecule has 2 aliphatic rings. The molecule has 0 radical (unpaired) electrons. The average molecular weight is 424 g/mol. The van der Waals surface area contributed by atoms with Crippen LogP contribution in [0.5, 0.6) is 0 Å². The predicted molar refractivity (Wildman–Crippen MR) is 111 cm³/mol. The molecule has 1 aromatic rings. The van der Waals surface area contributed by atoms with Crippen molar-refractivity contribution in [3.8, 4) is 0 Å². The molecule has 134 valence electrons. The van der Waals surface area contributed by atoms with Gasteiger partial charge in [-0.25, -0.2) is 5.01 Å². The molecule has 3 rings (SSSR count). The standard InChI is InChI=1S/C16H13N3O3S4/c20-12(17-19-13(21)9-25-16(19)24)6-7-18-14(22)11(26-15(18)23)8-10-4-2-1-3-5-10/h1-5,8H,6-7,9H2,(H,17,20)/b11-8+. The monoisotopic (exact) mass is 423 g/mol. The molecule has 0 saturated carbocycles. The van der Waals surface area contributed by atoms with Crippen LogP contribution >= 0.6 is 48.0 Å². The normalized spacial score (nSPS) is 19.0. The van der Waals surface area contributed by atoms with E-state index in [-0.39, 0.29) is 30.5 Å². The number of hydrogen-bond donors (Lipinski definition) is 1. The number of hydrazine groups is 1. The third kappa shape index (κ3) is 4.32. The molecule has 1 aromatic carbocycles. The van der Waals surface area contributed by atoms with Crippen molar-refractivity contribution in [1.82, 2.24) is 15.3 Å². The van der Waals surface area contributed by atoms with Gasteiger partial charge in [-0.15, -0.1) is 0 Å². The van der Waals surface area contributed by atoms with E-state index in [0.29, 0.717) is 13.5 Å². The molecule has 0 aromatic heterocycles. The van der Waals surface area contributed by atoms with Gasteiger partial charge in [-0.2, -0.15) is 0 Å². The van der Waals surface area contributed by atoms with E-state index in [0.717, 1.165) is 10.6 Å². The first-order valence-electron chi connectivity index (χ1n) is 7.55. The van der Waals surface area contributed by atoms with Crippen LogP contribution < -0.4 is 5.43 Å². The number of carbonyl (C=O) groups is 3. The van der Waals surface area contributed by atoms with Gasteiger partial charge in [0.15, 0.2) is 4.32 Å². The lowest BCUT2D eigenvalue weighted by atomic mass is 10.2. The van der Waals surface area contributed by atoms with Crippen molar-refractivity contribution in [2.75, 3.05) is 12.3 Å². The van der Waals surface area contributed by atoms with Gasteiger partial charge >= 0.3 is 0 Å². The third-order valence-corrected chi connectivity index (χ3v) is 6.26. The fourth-order valence-corrected chi connectivity index (χ4v) is 4.54. The number of nitrogens with one attached hydrogen (secondary N) is 1. The summed E-state index contributed by atoms with van der Waals surface area (Å²) in [6.07, 6.45) is 1.79. The number of thioether (sulfide) groups is 2. The van der Waals surface area contributed by atoms with E-state index in [1.165, 1.54) is 28.4 Å². The molecule has 2 aliphatic heterocycles. The summed E-state index contributed by atoms with van der Waals surface area (Å²) in [6.45, 7) is 0.143. The number of amides is 3. The van der Waals surface area contributed by atoms with E-state index in [2.05, 4.69) is 5.43 Å². The minimum Gasteiger partial charge on any atom is -0.292 e. The van der Waals surface area contributed by atoms with Crippen LogP contribution in [0.15, 0.2) is 35.2 Å². The number of hydrogen-bond acceptors (Lipinski definition) is 7. The molecule has 0 bridgehead atoms. The highest BCUT2D eigenvalue weighted by Gasteiger charge is 2.33. The Morgan fingerprint density at radius 2 is 1.92 bits per heavy atom. The molecule has 0 atom stereocenters. The lowest BCUT2D eigenvalue weighted by molar-refractivity contribution is -0.134. The van der Waals surface area contributed by atoms with Crippen LogP contribution in [0.1, 0.15) is 12.0 Å². The highest BCUT2D eigenvalue weighted by atomic mass is 32.2. The molecule has 1 N–H and O–H groups in total. The van der Waals surface area contributed by atoms with Gasteiger partial charge in [-0.05, 0) is 11.6 Å². The summed E-state index contributed by atoms with van der Waals surface area (Å²) < 4.78 is 0.730. The van der Waals surface area contributed by atoms with Crippen LogP contribution in [0.25, 0.3) is 6.08 Å². The lowest BCUT2D eigenvalue weighted by Crippen LogP contribution is -2.46. The second kappa shape index (κ2) is 8.30. The maximum Gasteiger partial charge on any atom is 0.266 e. The number of carbonyl (C=O) groups excluding carboxylic acids is 3. The molecule has 6 nitrogen and oxygen atoms in total. The Hall–Kier alpha value is -1.75. The SMILES string of the molecule is O=C(CCN1C(=O)/C(=C\c2ccccc2)SC1=S)NN1C(=O)CSC1=S. The van der Waals surface area contributed by atoms with E-state index in [4.69, 9.17) is 24.4 Å². The number of nitrogens with zero attached hydrogens (tertiary/aromatic N) is 2. The maximum atomic E-state index is 12.5. The smallest absolute Gasteiger partial charge is 0.266 e. The zero-order chi connectivity index (χ0) is 18.7. The van der Waals surface area contributed by atoms with Gasteiger partial charge in [0.2, 0.25) is 5.91 Å². The maximum absolute atomic E-state index is 12.5. The van der Waals surface area contributed by atoms with Gasteiger partial charge in [-0.1, -0.05) is 78.3 Å². The van der Waals surface area contributed by atoms with E-state index >= 15 is 0 Å². The van der Waals surface area contributed by atoms with Crippen molar-refractivity contribution in [1.29, 1.82) is 0 Å². The number of thiocarbonyl (C=S) groups is 2. The van der Waals surface area contributed by atoms with E-state index in [9.17, 15) is 14.4 Å². The minimum atomic E-state index is -0.399. The first-order valence-corrected chi connectivity index (χ1v) is 10.2. The van der Waals surface area contributed by atoms with E-state index < -0.39 is 5.91 Å². The molecule has 3 amide bonds. The molecule has 2 heterocycles. The third-order valence-electron chi connectivity index (χ3n) is 3.52. The van der Waals surface area contributed by atoms with Crippen molar-refractivity contribution < 1.29 is 14.4 Å². The van der Waals surface area contributed by atoms with Gasteiger partial charge in [-0.3, -0.25) is 24.7 Å². The Labute approximate surface area is 169 Å². The second-order valence-electron chi connectivity index (χ2n) is 5.31. The van der Waals surface area contributed by atoms with E-state index in [1.807, 2.05) is 30.3 Å². The van der Waals surface area contributed by atoms with Crippen molar-refractivity contribution >= 4 is 80.4 Å². The Morgan fingerprint density at radius 1 is 1.19 bits per heavy atom. The van der Waals surface area contributed by atoms with Gasteiger partial charge in [0.1, 0.15) is 4.32 Å². The van der Waals surface area contributed by atoms with Crippen LogP contribution in [0, 0.1) is 0 Å². The molecule has 2 fully saturated rings. The summed E-state index contributed by atoms with van der Waals surface area (Å²) in [5.41, 5.74) is 3.37. The first-order chi connectivity index (χ1) is 12.5. The second-order valence-corrected chi connectivity index (χ2v) is 8.60. The summed E-state index contributed by atoms with van der Waals surface area (Å²) in [4.78, 5) is 38.1. The predicted octanol–water partition coefficient (Wildman–Crippen LogP) is 2.17. The fourth-order valence-electron chi connectivity index (χ4n) is 2.25. The highest BCUT2D eigenvalue weighted by molar-refractivity contribution is 8.26. The van der Waals surface area contributed by atoms with Gasteiger partial charge in [0, 0.05) is 13.0 Å². The molecule has 0 aliphatic carbocycles. The lowest BCUT2D eigenvalue weighted by Gasteiger charge is -2.18. The Morgan fingerprint density at radius 3 is 2.58 bits per heavy atom. The van der Waals surface area contributed by atoms with Crippen molar-refractivity contribution in [2.24, 2.45) is 0 Å². The van der Waals surface area contributed by atoms with Crippen molar-refractivity contribution in [2.45, 2.75) is 6.42 Å². The summed E-state index contributed by atoms with van der Waals surface area (Å²) in [5, 5.41) is 1.07. The Balaban J connectivity index is 1.58.